The summed E-state index contributed by atoms with van der Waals surface area (Å²) in [6.07, 6.45) is 8.60. The number of carbonyl (C=O) groups excluding carboxylic acids is 1. The van der Waals surface area contributed by atoms with Gasteiger partial charge in [0.05, 0.1) is 0 Å². The number of carbonyl (C=O) groups is 2. The molecular formula is C21H40N2O4. The van der Waals surface area contributed by atoms with Gasteiger partial charge in [0.25, 0.3) is 0 Å². The van der Waals surface area contributed by atoms with Crippen molar-refractivity contribution in [2.75, 3.05) is 13.1 Å². The Balaban J connectivity index is 2.81. The van der Waals surface area contributed by atoms with Crippen molar-refractivity contribution in [1.29, 1.82) is 0 Å². The second kappa shape index (κ2) is 10.9. The molecule has 1 heterocycles. The van der Waals surface area contributed by atoms with Gasteiger partial charge in [0.1, 0.15) is 11.6 Å². The number of carboxylic acid groups (broad SMARTS) is 1. The minimum atomic E-state index is -1.00. The normalized spacial score (nSPS) is 19.1. The number of hydrogen-bond acceptors (Lipinski definition) is 4. The average Bonchev–Trinajstić information content (AvgIpc) is 2.60. The van der Waals surface area contributed by atoms with E-state index >= 15 is 0 Å². The van der Waals surface area contributed by atoms with Crippen molar-refractivity contribution in [2.45, 2.75) is 110 Å². The van der Waals surface area contributed by atoms with Crippen molar-refractivity contribution in [1.82, 2.24) is 10.2 Å². The minimum Gasteiger partial charge on any atom is -0.480 e. The lowest BCUT2D eigenvalue weighted by atomic mass is 9.81. The molecule has 1 saturated heterocycles. The quantitative estimate of drug-likeness (QED) is 0.577. The fourth-order valence-electron chi connectivity index (χ4n) is 4.01. The number of ether oxygens (including phenoxy) is 1. The monoisotopic (exact) mass is 384 g/mol. The summed E-state index contributed by atoms with van der Waals surface area (Å²) in [6, 6.07) is -0.919. The number of nitrogens with one attached hydrogen (secondary N) is 1. The molecule has 6 nitrogen and oxygen atoms in total. The average molecular weight is 385 g/mol. The van der Waals surface area contributed by atoms with E-state index in [0.717, 1.165) is 45.2 Å². The Bertz CT molecular complexity index is 469. The van der Waals surface area contributed by atoms with Crippen LogP contribution in [0.3, 0.4) is 0 Å². The van der Waals surface area contributed by atoms with E-state index < -0.39 is 23.7 Å². The topological polar surface area (TPSA) is 78.9 Å². The van der Waals surface area contributed by atoms with Gasteiger partial charge < -0.3 is 15.2 Å². The molecule has 2 atom stereocenters. The summed E-state index contributed by atoms with van der Waals surface area (Å²) in [5.41, 5.74) is -0.616. The van der Waals surface area contributed by atoms with Crippen LogP contribution >= 0.6 is 0 Å². The third-order valence-corrected chi connectivity index (χ3v) is 5.57. The fraction of sp³-hybridized carbons (Fsp3) is 0.905. The number of hydrogen-bond donors (Lipinski definition) is 2. The maximum atomic E-state index is 12.0. The van der Waals surface area contributed by atoms with Gasteiger partial charge in [-0.25, -0.2) is 9.59 Å². The molecule has 1 aliphatic rings. The maximum Gasteiger partial charge on any atom is 0.408 e. The Morgan fingerprint density at radius 1 is 1.11 bits per heavy atom. The number of likely N-dealkylation sites (tertiary alicyclic amines) is 1. The first-order chi connectivity index (χ1) is 12.6. The van der Waals surface area contributed by atoms with Crippen LogP contribution in [0.1, 0.15) is 92.4 Å². The van der Waals surface area contributed by atoms with Gasteiger partial charge in [0.2, 0.25) is 0 Å². The third kappa shape index (κ3) is 8.08. The van der Waals surface area contributed by atoms with Gasteiger partial charge in [0, 0.05) is 5.54 Å². The summed E-state index contributed by atoms with van der Waals surface area (Å²) in [5.74, 6) is -1.00. The van der Waals surface area contributed by atoms with Crippen LogP contribution in [0, 0.1) is 0 Å². The number of aliphatic carboxylic acids is 1. The van der Waals surface area contributed by atoms with Crippen molar-refractivity contribution in [2.24, 2.45) is 0 Å². The van der Waals surface area contributed by atoms with Crippen LogP contribution in [0.25, 0.3) is 0 Å². The van der Waals surface area contributed by atoms with Gasteiger partial charge in [-0.05, 0) is 72.4 Å². The van der Waals surface area contributed by atoms with Gasteiger partial charge in [0.15, 0.2) is 0 Å². The Kier molecular flexibility index (Phi) is 9.57. The van der Waals surface area contributed by atoms with Crippen molar-refractivity contribution in [3.05, 3.63) is 0 Å². The van der Waals surface area contributed by atoms with Crippen LogP contribution in [0.5, 0.6) is 0 Å². The lowest BCUT2D eigenvalue weighted by Crippen LogP contribution is -2.52. The predicted octanol–water partition coefficient (Wildman–Crippen LogP) is 4.57. The molecule has 1 fully saturated rings. The lowest BCUT2D eigenvalue weighted by Gasteiger charge is -2.46. The molecule has 0 aromatic carbocycles. The number of amides is 1. The maximum absolute atomic E-state index is 12.0. The number of rotatable bonds is 10. The zero-order valence-electron chi connectivity index (χ0n) is 18.0. The van der Waals surface area contributed by atoms with Gasteiger partial charge >= 0.3 is 12.1 Å². The molecule has 0 aromatic rings. The summed E-state index contributed by atoms with van der Waals surface area (Å²) in [5, 5.41) is 12.1. The molecule has 0 spiro atoms. The molecule has 27 heavy (non-hydrogen) atoms. The molecule has 158 valence electrons. The summed E-state index contributed by atoms with van der Waals surface area (Å²) >= 11 is 0. The first-order valence-electron chi connectivity index (χ1n) is 10.6. The number of nitrogens with zero attached hydrogens (tertiary/aromatic N) is 1. The molecular weight excluding hydrogens is 344 g/mol. The highest BCUT2D eigenvalue weighted by molar-refractivity contribution is 5.79. The number of alkyl carbamates (subject to hydrolysis) is 1. The summed E-state index contributed by atoms with van der Waals surface area (Å²) in [4.78, 5) is 26.3. The molecule has 1 aliphatic heterocycles. The van der Waals surface area contributed by atoms with E-state index in [4.69, 9.17) is 4.74 Å². The highest BCUT2D eigenvalue weighted by Crippen LogP contribution is 2.34. The van der Waals surface area contributed by atoms with Crippen LogP contribution < -0.4 is 5.32 Å². The Morgan fingerprint density at radius 2 is 1.74 bits per heavy atom. The first-order valence-corrected chi connectivity index (χ1v) is 10.6. The second-order valence-corrected chi connectivity index (χ2v) is 8.80. The second-order valence-electron chi connectivity index (χ2n) is 8.80. The Morgan fingerprint density at radius 3 is 2.22 bits per heavy atom. The molecule has 1 amide bonds. The van der Waals surface area contributed by atoms with E-state index in [1.54, 1.807) is 20.8 Å². The van der Waals surface area contributed by atoms with E-state index in [9.17, 15) is 14.7 Å². The number of piperidine rings is 1. The van der Waals surface area contributed by atoms with Crippen LogP contribution in [0.15, 0.2) is 0 Å². The zero-order valence-corrected chi connectivity index (χ0v) is 18.0. The molecule has 0 aliphatic carbocycles. The molecule has 0 radical (unpaired) electrons. The Hall–Kier alpha value is -1.30. The lowest BCUT2D eigenvalue weighted by molar-refractivity contribution is -0.139. The van der Waals surface area contributed by atoms with Gasteiger partial charge in [-0.15, -0.1) is 0 Å². The molecule has 2 N–H and O–H groups in total. The highest BCUT2D eigenvalue weighted by atomic mass is 16.6. The van der Waals surface area contributed by atoms with Crippen LogP contribution in [0.2, 0.25) is 0 Å². The molecule has 0 bridgehead atoms. The summed E-state index contributed by atoms with van der Waals surface area (Å²) in [7, 11) is 0. The molecule has 1 rings (SSSR count). The van der Waals surface area contributed by atoms with Gasteiger partial charge in [-0.2, -0.15) is 0 Å². The third-order valence-electron chi connectivity index (χ3n) is 5.57. The van der Waals surface area contributed by atoms with E-state index in [2.05, 4.69) is 24.1 Å². The van der Waals surface area contributed by atoms with Crippen LogP contribution in [0.4, 0.5) is 4.79 Å². The minimum absolute atomic E-state index is 0.0275. The SMILES string of the molecule is CCCCC(CC)(CCC(NC(=O)OC(C)(C)C)C(=O)O)N1CCCCC1. The Labute approximate surface area is 165 Å². The summed E-state index contributed by atoms with van der Waals surface area (Å²) in [6.45, 7) is 11.9. The van der Waals surface area contributed by atoms with Crippen LogP contribution in [-0.2, 0) is 9.53 Å². The first kappa shape index (κ1) is 23.7. The van der Waals surface area contributed by atoms with E-state index in [0.29, 0.717) is 6.42 Å². The largest absolute Gasteiger partial charge is 0.480 e. The zero-order chi connectivity index (χ0) is 20.5. The van der Waals surface area contributed by atoms with Crippen molar-refractivity contribution >= 4 is 12.1 Å². The highest BCUT2D eigenvalue weighted by Gasteiger charge is 2.36. The van der Waals surface area contributed by atoms with Gasteiger partial charge in [-0.3, -0.25) is 4.90 Å². The summed E-state index contributed by atoms with van der Waals surface area (Å²) < 4.78 is 5.23. The number of carboxylic acids is 1. The van der Waals surface area contributed by atoms with E-state index in [-0.39, 0.29) is 5.54 Å². The molecule has 2 unspecified atom stereocenters. The van der Waals surface area contributed by atoms with Crippen molar-refractivity contribution in [3.63, 3.8) is 0 Å². The molecule has 0 saturated carbocycles. The standard InChI is InChI=1S/C21H40N2O4/c1-6-8-13-21(7-2,23-15-10-9-11-16-23)14-12-17(18(24)25)22-19(26)27-20(3,4)5/h17H,6-16H2,1-5H3,(H,22,26)(H,24,25). The molecule has 6 heteroatoms. The van der Waals surface area contributed by atoms with Crippen molar-refractivity contribution < 1.29 is 19.4 Å². The smallest absolute Gasteiger partial charge is 0.408 e. The fourth-order valence-corrected chi connectivity index (χ4v) is 4.01. The van der Waals surface area contributed by atoms with E-state index in [1.165, 1.54) is 19.3 Å². The number of unbranched alkanes of at least 4 members (excludes halogenated alkanes) is 1. The van der Waals surface area contributed by atoms with Crippen LogP contribution in [-0.4, -0.2) is 52.3 Å². The predicted molar refractivity (Wildman–Crippen MR) is 108 cm³/mol. The van der Waals surface area contributed by atoms with E-state index in [1.807, 2.05) is 0 Å². The molecule has 0 aromatic heterocycles. The van der Waals surface area contributed by atoms with Gasteiger partial charge in [-0.1, -0.05) is 33.1 Å². The van der Waals surface area contributed by atoms with Crippen molar-refractivity contribution in [3.8, 4) is 0 Å².